The van der Waals surface area contributed by atoms with E-state index in [2.05, 4.69) is 33.7 Å². The van der Waals surface area contributed by atoms with Gasteiger partial charge in [-0.2, -0.15) is 18.3 Å². The van der Waals surface area contributed by atoms with Gasteiger partial charge in [0.2, 0.25) is 5.12 Å². The Labute approximate surface area is 146 Å². The van der Waals surface area contributed by atoms with Crippen LogP contribution in [0.2, 0.25) is 10.0 Å². The van der Waals surface area contributed by atoms with Gasteiger partial charge in [0, 0.05) is 0 Å². The number of nitrogens with zero attached hydrogens (tertiary/aromatic N) is 2. The van der Waals surface area contributed by atoms with Gasteiger partial charge in [-0.3, -0.25) is 4.79 Å². The molecule has 0 radical (unpaired) electrons. The van der Waals surface area contributed by atoms with Crippen LogP contribution in [-0.2, 0) is 6.18 Å². The Hall–Kier alpha value is -0.700. The monoisotopic (exact) mass is 432 g/mol. The first-order valence-electron chi connectivity index (χ1n) is 5.59. The van der Waals surface area contributed by atoms with Crippen molar-refractivity contribution in [3.05, 3.63) is 43.6 Å². The average molecular weight is 434 g/mol. The number of aromatic nitrogens is 2. The lowest BCUT2D eigenvalue weighted by Crippen LogP contribution is -2.07. The lowest BCUT2D eigenvalue weighted by atomic mass is 10.2. The van der Waals surface area contributed by atoms with Crippen molar-refractivity contribution in [1.82, 2.24) is 9.78 Å². The molecule has 0 unspecified atom stereocenters. The molecule has 2 aromatic rings. The standard InChI is InChI=1S/C12H6BrCl2F3N2OS/c1-4-8(11(21)22)10(13)20(19-4)9-6(14)2-5(3-7(9)15)12(16,17)18/h2-3H,1H3,(H,21,22). The summed E-state index contributed by atoms with van der Waals surface area (Å²) in [5, 5.41) is 3.02. The van der Waals surface area contributed by atoms with Crippen LogP contribution in [0.1, 0.15) is 21.6 Å². The van der Waals surface area contributed by atoms with Crippen molar-refractivity contribution in [1.29, 1.82) is 0 Å². The van der Waals surface area contributed by atoms with Crippen LogP contribution in [0.25, 0.3) is 5.69 Å². The van der Waals surface area contributed by atoms with Crippen LogP contribution in [0.3, 0.4) is 0 Å². The third kappa shape index (κ3) is 3.15. The molecule has 1 heterocycles. The molecule has 0 amide bonds. The molecule has 0 fully saturated rings. The number of thiol groups is 1. The van der Waals surface area contributed by atoms with E-state index in [0.717, 1.165) is 16.8 Å². The average Bonchev–Trinajstić information content (AvgIpc) is 2.62. The minimum absolute atomic E-state index is 0.0344. The van der Waals surface area contributed by atoms with Crippen LogP contribution in [0.4, 0.5) is 13.2 Å². The van der Waals surface area contributed by atoms with Crippen LogP contribution in [0.15, 0.2) is 16.7 Å². The number of alkyl halides is 3. The lowest BCUT2D eigenvalue weighted by molar-refractivity contribution is -0.137. The van der Waals surface area contributed by atoms with Crippen LogP contribution in [0, 0.1) is 6.92 Å². The van der Waals surface area contributed by atoms with Gasteiger partial charge in [0.1, 0.15) is 10.3 Å². The van der Waals surface area contributed by atoms with E-state index < -0.39 is 16.9 Å². The van der Waals surface area contributed by atoms with Gasteiger partial charge in [0.25, 0.3) is 0 Å². The molecule has 0 saturated carbocycles. The largest absolute Gasteiger partial charge is 0.416 e. The molecule has 0 atom stereocenters. The molecule has 3 nitrogen and oxygen atoms in total. The van der Waals surface area contributed by atoms with E-state index in [0.29, 0.717) is 5.69 Å². The van der Waals surface area contributed by atoms with Gasteiger partial charge in [-0.25, -0.2) is 4.68 Å². The maximum absolute atomic E-state index is 12.7. The van der Waals surface area contributed by atoms with Gasteiger partial charge >= 0.3 is 6.18 Å². The Kier molecular flexibility index (Phi) is 4.87. The molecule has 0 aliphatic rings. The van der Waals surface area contributed by atoms with Gasteiger partial charge in [-0.1, -0.05) is 23.2 Å². The topological polar surface area (TPSA) is 34.9 Å². The summed E-state index contributed by atoms with van der Waals surface area (Å²) >= 11 is 18.7. The molecule has 0 aliphatic carbocycles. The van der Waals surface area contributed by atoms with Crippen molar-refractivity contribution in [2.75, 3.05) is 0 Å². The number of carbonyl (C=O) groups excluding carboxylic acids is 1. The number of halogens is 6. The zero-order chi connectivity index (χ0) is 16.8. The number of benzene rings is 1. The van der Waals surface area contributed by atoms with Crippen molar-refractivity contribution < 1.29 is 18.0 Å². The molecule has 118 valence electrons. The Morgan fingerprint density at radius 3 is 2.18 bits per heavy atom. The summed E-state index contributed by atoms with van der Waals surface area (Å²) in [4.78, 5) is 11.5. The fourth-order valence-corrected chi connectivity index (χ4v) is 3.61. The highest BCUT2D eigenvalue weighted by atomic mass is 79.9. The molecule has 1 aromatic carbocycles. The van der Waals surface area contributed by atoms with E-state index in [1.807, 2.05) is 0 Å². The minimum atomic E-state index is -4.57. The van der Waals surface area contributed by atoms with Gasteiger partial charge in [-0.05, 0) is 35.0 Å². The van der Waals surface area contributed by atoms with Crippen molar-refractivity contribution in [2.24, 2.45) is 0 Å². The SMILES string of the molecule is Cc1nn(-c2c(Cl)cc(C(F)(F)F)cc2Cl)c(Br)c1C(=O)S. The summed E-state index contributed by atoms with van der Waals surface area (Å²) in [5.41, 5.74) is -0.432. The highest BCUT2D eigenvalue weighted by molar-refractivity contribution is 9.10. The number of hydrogen-bond acceptors (Lipinski definition) is 2. The van der Waals surface area contributed by atoms with Gasteiger partial charge in [-0.15, -0.1) is 12.6 Å². The molecule has 0 aliphatic heterocycles. The normalized spacial score (nSPS) is 11.8. The van der Waals surface area contributed by atoms with E-state index in [1.165, 1.54) is 0 Å². The van der Waals surface area contributed by atoms with Gasteiger partial charge in [0.05, 0.1) is 26.9 Å². The molecular formula is C12H6BrCl2F3N2OS. The summed E-state index contributed by atoms with van der Waals surface area (Å²) < 4.78 is 39.6. The van der Waals surface area contributed by atoms with E-state index in [4.69, 9.17) is 23.2 Å². The van der Waals surface area contributed by atoms with Gasteiger partial charge in [0.15, 0.2) is 0 Å². The van der Waals surface area contributed by atoms with E-state index in [-0.39, 0.29) is 25.9 Å². The minimum Gasteiger partial charge on any atom is -0.282 e. The Balaban J connectivity index is 2.70. The first-order valence-corrected chi connectivity index (χ1v) is 7.58. The predicted molar refractivity (Wildman–Crippen MR) is 84.3 cm³/mol. The van der Waals surface area contributed by atoms with Crippen molar-refractivity contribution >= 4 is 56.9 Å². The molecule has 10 heteroatoms. The molecule has 0 N–H and O–H groups in total. The third-order valence-electron chi connectivity index (χ3n) is 2.77. The molecular weight excluding hydrogens is 428 g/mol. The number of aryl methyl sites for hydroxylation is 1. The number of hydrogen-bond donors (Lipinski definition) is 1. The van der Waals surface area contributed by atoms with E-state index in [1.54, 1.807) is 6.92 Å². The Morgan fingerprint density at radius 2 is 1.82 bits per heavy atom. The highest BCUT2D eigenvalue weighted by Crippen LogP contribution is 2.39. The fourth-order valence-electron chi connectivity index (χ4n) is 1.82. The second-order valence-corrected chi connectivity index (χ2v) is 6.23. The second kappa shape index (κ2) is 6.07. The maximum atomic E-state index is 12.7. The molecule has 1 aromatic heterocycles. The molecule has 2 rings (SSSR count). The van der Waals surface area contributed by atoms with Crippen molar-refractivity contribution in [2.45, 2.75) is 13.1 Å². The quantitative estimate of drug-likeness (QED) is 0.649. The first-order chi connectivity index (χ1) is 10.0. The van der Waals surface area contributed by atoms with E-state index >= 15 is 0 Å². The highest BCUT2D eigenvalue weighted by Gasteiger charge is 2.32. The lowest BCUT2D eigenvalue weighted by Gasteiger charge is -2.13. The molecule has 0 bridgehead atoms. The molecule has 22 heavy (non-hydrogen) atoms. The van der Waals surface area contributed by atoms with Crippen LogP contribution in [0.5, 0.6) is 0 Å². The van der Waals surface area contributed by atoms with Crippen molar-refractivity contribution in [3.8, 4) is 5.69 Å². The fraction of sp³-hybridized carbons (Fsp3) is 0.167. The summed E-state index contributed by atoms with van der Waals surface area (Å²) in [5.74, 6) is 0. The van der Waals surface area contributed by atoms with Crippen molar-refractivity contribution in [3.63, 3.8) is 0 Å². The van der Waals surface area contributed by atoms with E-state index in [9.17, 15) is 18.0 Å². The summed E-state index contributed by atoms with van der Waals surface area (Å²) in [7, 11) is 0. The van der Waals surface area contributed by atoms with Crippen LogP contribution in [-0.4, -0.2) is 14.9 Å². The summed E-state index contributed by atoms with van der Waals surface area (Å²) in [6.07, 6.45) is -4.57. The Morgan fingerprint density at radius 1 is 1.32 bits per heavy atom. The van der Waals surface area contributed by atoms with Gasteiger partial charge < -0.3 is 0 Å². The maximum Gasteiger partial charge on any atom is 0.416 e. The predicted octanol–water partition coefficient (Wildman–Crippen LogP) is 5.34. The Bertz CT molecular complexity index is 753. The number of carbonyl (C=O) groups is 1. The summed E-state index contributed by atoms with van der Waals surface area (Å²) in [6, 6.07) is 1.49. The van der Waals surface area contributed by atoms with Crippen LogP contribution < -0.4 is 0 Å². The van der Waals surface area contributed by atoms with Crippen LogP contribution >= 0.6 is 51.8 Å². The molecule has 0 spiro atoms. The zero-order valence-corrected chi connectivity index (χ0v) is 14.7. The third-order valence-corrected chi connectivity index (χ3v) is 4.31. The number of rotatable bonds is 2. The second-order valence-electron chi connectivity index (χ2n) is 4.25. The zero-order valence-electron chi connectivity index (χ0n) is 10.7. The smallest absolute Gasteiger partial charge is 0.282 e. The first kappa shape index (κ1) is 17.7. The summed E-state index contributed by atoms with van der Waals surface area (Å²) in [6.45, 7) is 1.55. The molecule has 0 saturated heterocycles.